The third-order valence-electron chi connectivity index (χ3n) is 12.3. The van der Waals surface area contributed by atoms with Crippen molar-refractivity contribution < 1.29 is 42.7 Å². The lowest BCUT2D eigenvalue weighted by atomic mass is 9.80. The molecule has 358 valence electrons. The summed E-state index contributed by atoms with van der Waals surface area (Å²) >= 11 is 0. The molecular formula is C48H68N6O10Si2. The molecule has 1 fully saturated rings. The second kappa shape index (κ2) is 21.8. The van der Waals surface area contributed by atoms with E-state index in [9.17, 15) is 14.7 Å². The maximum absolute atomic E-state index is 13.7. The van der Waals surface area contributed by atoms with Crippen LogP contribution in [0.5, 0.6) is 11.5 Å². The van der Waals surface area contributed by atoms with Crippen molar-refractivity contribution in [2.24, 2.45) is 0 Å². The summed E-state index contributed by atoms with van der Waals surface area (Å²) in [6, 6.07) is 26.5. The molecule has 1 saturated heterocycles. The van der Waals surface area contributed by atoms with E-state index in [-0.39, 0.29) is 48.3 Å². The number of alkyl carbamates (subject to hydrolysis) is 1. The van der Waals surface area contributed by atoms with Gasteiger partial charge in [-0.05, 0) is 65.1 Å². The molecule has 4 atom stereocenters. The molecule has 5 aromatic rings. The van der Waals surface area contributed by atoms with Crippen LogP contribution in [0.2, 0.25) is 43.8 Å². The second-order valence-corrected chi connectivity index (χ2v) is 29.6. The predicted molar refractivity (Wildman–Crippen MR) is 258 cm³/mol. The molecule has 66 heavy (non-hydrogen) atoms. The van der Waals surface area contributed by atoms with Gasteiger partial charge in [0.05, 0.1) is 53.6 Å². The van der Waals surface area contributed by atoms with E-state index < -0.39 is 52.6 Å². The van der Waals surface area contributed by atoms with Crippen molar-refractivity contribution in [2.45, 2.75) is 101 Å². The number of nitrogens with one attached hydrogen (secondary N) is 2. The number of nitrogens with zero attached hydrogens (tertiary/aromatic N) is 4. The van der Waals surface area contributed by atoms with E-state index in [0.717, 1.165) is 22.7 Å². The lowest BCUT2D eigenvalue weighted by Crippen LogP contribution is -2.50. The summed E-state index contributed by atoms with van der Waals surface area (Å²) in [4.78, 5) is 34.8. The Labute approximate surface area is 390 Å². The van der Waals surface area contributed by atoms with Gasteiger partial charge in [0.1, 0.15) is 41.7 Å². The van der Waals surface area contributed by atoms with Gasteiger partial charge < -0.3 is 43.3 Å². The molecule has 0 unspecified atom stereocenters. The van der Waals surface area contributed by atoms with Crippen LogP contribution in [0.3, 0.4) is 0 Å². The molecule has 0 bridgehead atoms. The number of methoxy groups -OCH3 is 2. The quantitative estimate of drug-likeness (QED) is 0.0283. The third-order valence-corrected chi connectivity index (χ3v) is 18.5. The number of ether oxygens (including phenoxy) is 6. The Bertz CT molecular complexity index is 2340. The highest BCUT2D eigenvalue weighted by atomic mass is 28.4. The smallest absolute Gasteiger partial charge is 0.407 e. The fraction of sp³-hybridized carbons (Fsp3) is 0.500. The van der Waals surface area contributed by atoms with Crippen LogP contribution in [0.4, 0.5) is 4.79 Å². The number of benzene rings is 3. The van der Waals surface area contributed by atoms with Gasteiger partial charge in [0.25, 0.3) is 5.56 Å². The van der Waals surface area contributed by atoms with Gasteiger partial charge in [-0.25, -0.2) is 14.8 Å². The van der Waals surface area contributed by atoms with Gasteiger partial charge in [-0.3, -0.25) is 19.2 Å². The topological polar surface area (TPSA) is 179 Å². The van der Waals surface area contributed by atoms with Crippen molar-refractivity contribution in [3.05, 3.63) is 119 Å². The van der Waals surface area contributed by atoms with E-state index in [2.05, 4.69) is 74.1 Å². The monoisotopic (exact) mass is 944 g/mol. The summed E-state index contributed by atoms with van der Waals surface area (Å²) in [5.74, 6) is 1.40. The Morgan fingerprint density at radius 3 is 2.05 bits per heavy atom. The minimum Gasteiger partial charge on any atom is -0.497 e. The summed E-state index contributed by atoms with van der Waals surface area (Å²) in [7, 11) is -0.531. The standard InChI is InChI=1S/C48H68N6O10Si2/c1-47(2,3)66(9,10)64-42-39(30-62-48(34-14-12-11-13-15-34,35-16-20-37(58-4)21-17-35)36-18-22-38(59-5)23-19-36)63-45(41(42)55)54-32-51-40-43(54)52-31-53(44(40)56)26-27-60-33-49-24-25-50-46(57)61-28-29-65(6,7)8/h11-23,31-32,39,41-42,45,49,55H,24-30,33H2,1-10H3,(H,50,57)/t39-,41-,42-,45-/m1/s1. The van der Waals surface area contributed by atoms with Gasteiger partial charge in [0.2, 0.25) is 0 Å². The molecule has 3 N–H and O–H groups in total. The molecule has 0 saturated carbocycles. The van der Waals surface area contributed by atoms with Gasteiger partial charge in [-0.1, -0.05) is 95.0 Å². The van der Waals surface area contributed by atoms with Crippen LogP contribution >= 0.6 is 0 Å². The summed E-state index contributed by atoms with van der Waals surface area (Å²) in [5, 5.41) is 17.9. The number of carbonyl (C=O) groups is 1. The number of aliphatic hydroxyl groups excluding tert-OH is 1. The zero-order valence-corrected chi connectivity index (χ0v) is 42.0. The van der Waals surface area contributed by atoms with Gasteiger partial charge in [-0.15, -0.1) is 0 Å². The van der Waals surface area contributed by atoms with E-state index in [1.807, 2.05) is 78.9 Å². The predicted octanol–water partition coefficient (Wildman–Crippen LogP) is 6.90. The molecule has 18 heteroatoms. The van der Waals surface area contributed by atoms with Crippen molar-refractivity contribution in [3.8, 4) is 11.5 Å². The summed E-state index contributed by atoms with van der Waals surface area (Å²) < 4.78 is 46.2. The second-order valence-electron chi connectivity index (χ2n) is 19.2. The highest BCUT2D eigenvalue weighted by Crippen LogP contribution is 2.45. The van der Waals surface area contributed by atoms with Crippen LogP contribution < -0.4 is 25.7 Å². The number of hydrogen-bond donors (Lipinski definition) is 3. The number of hydrogen-bond acceptors (Lipinski definition) is 13. The SMILES string of the molecule is COc1ccc(C(OC[C@H]2O[C@@H](n3cnc4c(=O)n(CCOCNCCNC(=O)OCC[Si](C)(C)C)cnc43)[C@H](O)[C@@H]2O[Si](C)(C)C(C)(C)C)(c2ccccc2)c2ccc(OC)cc2)cc1. The van der Waals surface area contributed by atoms with Crippen LogP contribution in [0.15, 0.2) is 96.3 Å². The van der Waals surface area contributed by atoms with Crippen LogP contribution in [-0.2, 0) is 35.5 Å². The van der Waals surface area contributed by atoms with Crippen molar-refractivity contribution in [1.82, 2.24) is 29.7 Å². The molecule has 1 amide bonds. The van der Waals surface area contributed by atoms with E-state index in [1.54, 1.807) is 18.8 Å². The van der Waals surface area contributed by atoms with Crippen LogP contribution in [-0.4, -0.2) is 119 Å². The van der Waals surface area contributed by atoms with Crippen molar-refractivity contribution in [2.75, 3.05) is 53.9 Å². The molecule has 0 radical (unpaired) electrons. The van der Waals surface area contributed by atoms with Gasteiger partial charge in [0, 0.05) is 21.2 Å². The Morgan fingerprint density at radius 1 is 0.833 bits per heavy atom. The van der Waals surface area contributed by atoms with Crippen molar-refractivity contribution in [1.29, 1.82) is 0 Å². The fourth-order valence-corrected chi connectivity index (χ4v) is 9.49. The summed E-state index contributed by atoms with van der Waals surface area (Å²) in [5.41, 5.74) is 1.44. The van der Waals surface area contributed by atoms with Crippen LogP contribution in [0, 0.1) is 0 Å². The van der Waals surface area contributed by atoms with Crippen molar-refractivity contribution in [3.63, 3.8) is 0 Å². The van der Waals surface area contributed by atoms with Gasteiger partial charge in [-0.2, -0.15) is 0 Å². The molecule has 3 heterocycles. The maximum Gasteiger partial charge on any atom is 0.407 e. The normalized spacial score (nSPS) is 18.1. The van der Waals surface area contributed by atoms with E-state index >= 15 is 0 Å². The molecule has 1 aliphatic rings. The molecule has 0 spiro atoms. The van der Waals surface area contributed by atoms with Gasteiger partial charge >= 0.3 is 6.09 Å². The maximum atomic E-state index is 13.7. The number of aromatic nitrogens is 4. The number of rotatable bonds is 22. The Kier molecular flexibility index (Phi) is 16.7. The first-order chi connectivity index (χ1) is 31.4. The first kappa shape index (κ1) is 50.5. The first-order valence-electron chi connectivity index (χ1n) is 22.5. The lowest BCUT2D eigenvalue weighted by molar-refractivity contribution is -0.0930. The number of imidazole rings is 1. The van der Waals surface area contributed by atoms with Crippen molar-refractivity contribution >= 4 is 33.6 Å². The van der Waals surface area contributed by atoms with E-state index in [0.29, 0.717) is 31.2 Å². The molecule has 16 nitrogen and oxygen atoms in total. The molecule has 1 aliphatic heterocycles. The Morgan fingerprint density at radius 2 is 1.45 bits per heavy atom. The number of carbonyl (C=O) groups excluding carboxylic acids is 1. The largest absolute Gasteiger partial charge is 0.497 e. The Balaban J connectivity index is 1.20. The number of aliphatic hydroxyl groups is 1. The average molecular weight is 945 g/mol. The van der Waals surface area contributed by atoms with E-state index in [4.69, 9.17) is 32.8 Å². The summed E-state index contributed by atoms with van der Waals surface area (Å²) in [6.45, 7) is 19.4. The molecule has 3 aromatic carbocycles. The molecule has 0 aliphatic carbocycles. The molecule has 2 aromatic heterocycles. The highest BCUT2D eigenvalue weighted by molar-refractivity contribution is 6.76. The molecule has 6 rings (SSSR count). The fourth-order valence-electron chi connectivity index (χ4n) is 7.45. The highest BCUT2D eigenvalue weighted by Gasteiger charge is 2.52. The number of fused-ring (bicyclic) bond motifs is 1. The zero-order chi connectivity index (χ0) is 47.7. The number of amides is 1. The van der Waals surface area contributed by atoms with Crippen LogP contribution in [0.1, 0.15) is 43.7 Å². The third kappa shape index (κ3) is 12.0. The molecular weight excluding hydrogens is 877 g/mol. The van der Waals surface area contributed by atoms with E-state index in [1.165, 1.54) is 17.2 Å². The minimum absolute atomic E-state index is 0.00337. The first-order valence-corrected chi connectivity index (χ1v) is 29.1. The summed E-state index contributed by atoms with van der Waals surface area (Å²) in [6.07, 6.45) is -1.29. The average Bonchev–Trinajstić information content (AvgIpc) is 3.85. The van der Waals surface area contributed by atoms with Gasteiger partial charge in [0.15, 0.2) is 25.7 Å². The minimum atomic E-state index is -2.52. The zero-order valence-electron chi connectivity index (χ0n) is 40.0. The lowest BCUT2D eigenvalue weighted by Gasteiger charge is -2.41. The van der Waals surface area contributed by atoms with Crippen LogP contribution in [0.25, 0.3) is 11.2 Å². The Hall–Kier alpha value is -4.93.